The van der Waals surface area contributed by atoms with Gasteiger partial charge in [0.1, 0.15) is 0 Å². The molecular weight excluding hydrogens is 298 g/mol. The Labute approximate surface area is 133 Å². The highest BCUT2D eigenvalue weighted by Crippen LogP contribution is 2.26. The average Bonchev–Trinajstić information content (AvgIpc) is 2.53. The Hall–Kier alpha value is -3.09. The van der Waals surface area contributed by atoms with Crippen LogP contribution < -0.4 is 10.6 Å². The fourth-order valence-electron chi connectivity index (χ4n) is 2.04. The zero-order valence-corrected chi connectivity index (χ0v) is 12.5. The van der Waals surface area contributed by atoms with Crippen LogP contribution in [-0.4, -0.2) is 28.5 Å². The molecule has 120 valence electrons. The van der Waals surface area contributed by atoms with Gasteiger partial charge in [-0.25, -0.2) is 0 Å². The number of phenols is 1. The fraction of sp³-hybridized carbons (Fsp3) is 0.188. The number of nitro groups is 1. The van der Waals surface area contributed by atoms with Crippen LogP contribution in [0.15, 0.2) is 48.5 Å². The van der Waals surface area contributed by atoms with Crippen LogP contribution in [0.5, 0.6) is 5.75 Å². The van der Waals surface area contributed by atoms with Crippen LogP contribution in [0.3, 0.4) is 0 Å². The molecule has 0 spiro atoms. The predicted molar refractivity (Wildman–Crippen MR) is 86.6 cm³/mol. The second kappa shape index (κ2) is 7.26. The summed E-state index contributed by atoms with van der Waals surface area (Å²) in [7, 11) is 0. The lowest BCUT2D eigenvalue weighted by molar-refractivity contribution is -0.385. The summed E-state index contributed by atoms with van der Waals surface area (Å²) in [6.07, 6.45) is 0. The monoisotopic (exact) mass is 315 g/mol. The Balaban J connectivity index is 1.92. The SMILES string of the molecule is C[C@H](CNC(=O)c1ccc([N+](=O)[O-])c(O)c1)Nc1ccccc1. The first-order valence-electron chi connectivity index (χ1n) is 7.04. The van der Waals surface area contributed by atoms with Crippen molar-refractivity contribution in [3.63, 3.8) is 0 Å². The molecule has 1 atom stereocenters. The van der Waals surface area contributed by atoms with E-state index in [0.717, 1.165) is 17.8 Å². The molecule has 23 heavy (non-hydrogen) atoms. The van der Waals surface area contributed by atoms with Crippen molar-refractivity contribution < 1.29 is 14.8 Å². The van der Waals surface area contributed by atoms with Crippen molar-refractivity contribution in [2.75, 3.05) is 11.9 Å². The van der Waals surface area contributed by atoms with E-state index in [2.05, 4.69) is 10.6 Å². The first kappa shape index (κ1) is 16.3. The summed E-state index contributed by atoms with van der Waals surface area (Å²) in [6.45, 7) is 2.28. The van der Waals surface area contributed by atoms with Crippen LogP contribution in [0.25, 0.3) is 0 Å². The van der Waals surface area contributed by atoms with Gasteiger partial charge in [-0.15, -0.1) is 0 Å². The smallest absolute Gasteiger partial charge is 0.310 e. The van der Waals surface area contributed by atoms with Crippen molar-refractivity contribution in [3.05, 3.63) is 64.2 Å². The van der Waals surface area contributed by atoms with Gasteiger partial charge in [0.15, 0.2) is 5.75 Å². The second-order valence-electron chi connectivity index (χ2n) is 5.08. The van der Waals surface area contributed by atoms with Gasteiger partial charge in [-0.2, -0.15) is 0 Å². The van der Waals surface area contributed by atoms with Gasteiger partial charge in [-0.05, 0) is 31.2 Å². The highest BCUT2D eigenvalue weighted by Gasteiger charge is 2.16. The van der Waals surface area contributed by atoms with Crippen LogP contribution in [0.2, 0.25) is 0 Å². The highest BCUT2D eigenvalue weighted by molar-refractivity contribution is 5.95. The molecule has 0 unspecified atom stereocenters. The van der Waals surface area contributed by atoms with E-state index in [4.69, 9.17) is 0 Å². The molecule has 0 radical (unpaired) electrons. The molecule has 0 saturated carbocycles. The van der Waals surface area contributed by atoms with Crippen LogP contribution in [0, 0.1) is 10.1 Å². The number of benzene rings is 2. The van der Waals surface area contributed by atoms with Crippen LogP contribution in [0.4, 0.5) is 11.4 Å². The molecule has 2 aromatic carbocycles. The number of nitrogens with one attached hydrogen (secondary N) is 2. The Morgan fingerprint density at radius 3 is 2.57 bits per heavy atom. The van der Waals surface area contributed by atoms with Crippen molar-refractivity contribution in [3.8, 4) is 5.75 Å². The molecule has 2 rings (SSSR count). The third-order valence-corrected chi connectivity index (χ3v) is 3.19. The summed E-state index contributed by atoms with van der Waals surface area (Å²) in [5.41, 5.74) is 0.683. The number of amides is 1. The molecule has 0 heterocycles. The fourth-order valence-corrected chi connectivity index (χ4v) is 2.04. The molecule has 0 aliphatic carbocycles. The van der Waals surface area contributed by atoms with Crippen LogP contribution in [0.1, 0.15) is 17.3 Å². The van der Waals surface area contributed by atoms with Crippen molar-refractivity contribution >= 4 is 17.3 Å². The Bertz CT molecular complexity index is 704. The predicted octanol–water partition coefficient (Wildman–Crippen LogP) is 2.53. The molecule has 0 aliphatic rings. The molecule has 1 amide bonds. The van der Waals surface area contributed by atoms with E-state index in [0.29, 0.717) is 6.54 Å². The minimum Gasteiger partial charge on any atom is -0.502 e. The number of hydrogen-bond acceptors (Lipinski definition) is 5. The average molecular weight is 315 g/mol. The van der Waals surface area contributed by atoms with Crippen molar-refractivity contribution in [1.82, 2.24) is 5.32 Å². The van der Waals surface area contributed by atoms with Gasteiger partial charge in [0.05, 0.1) is 4.92 Å². The van der Waals surface area contributed by atoms with Gasteiger partial charge in [-0.3, -0.25) is 14.9 Å². The van der Waals surface area contributed by atoms with Crippen molar-refractivity contribution in [2.45, 2.75) is 13.0 Å². The van der Waals surface area contributed by atoms with E-state index < -0.39 is 22.3 Å². The van der Waals surface area contributed by atoms with Gasteiger partial charge in [0, 0.05) is 29.9 Å². The van der Waals surface area contributed by atoms with E-state index in [1.807, 2.05) is 37.3 Å². The van der Waals surface area contributed by atoms with E-state index in [9.17, 15) is 20.0 Å². The minimum absolute atomic E-state index is 0.00649. The molecular formula is C16H17N3O4. The van der Waals surface area contributed by atoms with Crippen molar-refractivity contribution in [2.24, 2.45) is 0 Å². The second-order valence-corrected chi connectivity index (χ2v) is 5.08. The van der Waals surface area contributed by atoms with Crippen LogP contribution in [-0.2, 0) is 0 Å². The van der Waals surface area contributed by atoms with Gasteiger partial charge in [-0.1, -0.05) is 18.2 Å². The largest absolute Gasteiger partial charge is 0.502 e. The maximum absolute atomic E-state index is 12.0. The normalized spacial score (nSPS) is 11.5. The number of nitrogens with zero attached hydrogens (tertiary/aromatic N) is 1. The molecule has 0 aliphatic heterocycles. The number of aromatic hydroxyl groups is 1. The summed E-state index contributed by atoms with van der Waals surface area (Å²) in [4.78, 5) is 21.9. The topological polar surface area (TPSA) is 104 Å². The number of nitro benzene ring substituents is 1. The number of para-hydroxylation sites is 1. The molecule has 0 aromatic heterocycles. The zero-order valence-electron chi connectivity index (χ0n) is 12.5. The molecule has 2 aromatic rings. The quantitative estimate of drug-likeness (QED) is 0.561. The zero-order chi connectivity index (χ0) is 16.8. The molecule has 0 fully saturated rings. The third kappa shape index (κ3) is 4.44. The number of carbonyl (C=O) groups excluding carboxylic acids is 1. The summed E-state index contributed by atoms with van der Waals surface area (Å²) in [5, 5.41) is 26.1. The van der Waals surface area contributed by atoms with Gasteiger partial charge < -0.3 is 15.7 Å². The van der Waals surface area contributed by atoms with Crippen LogP contribution >= 0.6 is 0 Å². The molecule has 0 saturated heterocycles. The standard InChI is InChI=1S/C16H17N3O4/c1-11(18-13-5-3-2-4-6-13)10-17-16(21)12-7-8-14(19(22)23)15(20)9-12/h2-9,11,18,20H,10H2,1H3,(H,17,21)/t11-/m1/s1. The lowest BCUT2D eigenvalue weighted by Gasteiger charge is -2.16. The Morgan fingerprint density at radius 1 is 1.26 bits per heavy atom. The number of anilines is 1. The van der Waals surface area contributed by atoms with Gasteiger partial charge in [0.2, 0.25) is 0 Å². The summed E-state index contributed by atoms with van der Waals surface area (Å²) in [6, 6.07) is 13.1. The summed E-state index contributed by atoms with van der Waals surface area (Å²) >= 11 is 0. The highest BCUT2D eigenvalue weighted by atomic mass is 16.6. The summed E-state index contributed by atoms with van der Waals surface area (Å²) in [5.74, 6) is -0.935. The number of carbonyl (C=O) groups is 1. The van der Waals surface area contributed by atoms with Crippen molar-refractivity contribution in [1.29, 1.82) is 0 Å². The number of hydrogen-bond donors (Lipinski definition) is 3. The lowest BCUT2D eigenvalue weighted by atomic mass is 10.1. The molecule has 3 N–H and O–H groups in total. The first-order valence-corrected chi connectivity index (χ1v) is 7.04. The van der Waals surface area contributed by atoms with Gasteiger partial charge in [0.25, 0.3) is 5.91 Å². The molecule has 0 bridgehead atoms. The maximum Gasteiger partial charge on any atom is 0.310 e. The first-order chi connectivity index (χ1) is 11.0. The summed E-state index contributed by atoms with van der Waals surface area (Å²) < 4.78 is 0. The lowest BCUT2D eigenvalue weighted by Crippen LogP contribution is -2.34. The van der Waals surface area contributed by atoms with E-state index in [-0.39, 0.29) is 11.6 Å². The minimum atomic E-state index is -0.705. The maximum atomic E-state index is 12.0. The van der Waals surface area contributed by atoms with E-state index in [1.54, 1.807) is 0 Å². The molecule has 7 nitrogen and oxygen atoms in total. The Kier molecular flexibility index (Phi) is 5.14. The number of rotatable bonds is 6. The van der Waals surface area contributed by atoms with E-state index in [1.165, 1.54) is 6.07 Å². The number of phenolic OH excluding ortho intramolecular Hbond substituents is 1. The molecule has 7 heteroatoms. The third-order valence-electron chi connectivity index (χ3n) is 3.19. The Morgan fingerprint density at radius 2 is 1.96 bits per heavy atom. The van der Waals surface area contributed by atoms with Gasteiger partial charge >= 0.3 is 5.69 Å². The van der Waals surface area contributed by atoms with E-state index >= 15 is 0 Å².